The molecule has 3 heterocycles. The van der Waals surface area contributed by atoms with Crippen molar-refractivity contribution in [2.75, 3.05) is 6.54 Å². The van der Waals surface area contributed by atoms with E-state index in [2.05, 4.69) is 26.7 Å². The summed E-state index contributed by atoms with van der Waals surface area (Å²) in [7, 11) is 0. The van der Waals surface area contributed by atoms with E-state index in [0.29, 0.717) is 13.0 Å². The summed E-state index contributed by atoms with van der Waals surface area (Å²) in [6.07, 6.45) is 4.79. The van der Waals surface area contributed by atoms with Crippen molar-refractivity contribution in [1.82, 2.24) is 24.6 Å². The van der Waals surface area contributed by atoms with Crippen molar-refractivity contribution in [1.29, 1.82) is 0 Å². The molecule has 1 aliphatic rings. The van der Waals surface area contributed by atoms with Crippen LogP contribution in [0.25, 0.3) is 0 Å². The largest absolute Gasteiger partial charge is 0.333 e. The van der Waals surface area contributed by atoms with E-state index < -0.39 is 0 Å². The molecule has 0 saturated heterocycles. The maximum absolute atomic E-state index is 12.4. The maximum Gasteiger partial charge on any atom is 0.223 e. The first-order chi connectivity index (χ1) is 10.1. The number of fused-ring (bicyclic) bond motifs is 1. The third-order valence-corrected chi connectivity index (χ3v) is 3.90. The lowest BCUT2D eigenvalue weighted by molar-refractivity contribution is -0.133. The number of rotatable bonds is 3. The van der Waals surface area contributed by atoms with E-state index in [-0.39, 0.29) is 11.9 Å². The zero-order valence-electron chi connectivity index (χ0n) is 12.4. The Bertz CT molecular complexity index is 637. The van der Waals surface area contributed by atoms with Gasteiger partial charge in [0.15, 0.2) is 5.82 Å². The highest BCUT2D eigenvalue weighted by Crippen LogP contribution is 2.21. The van der Waals surface area contributed by atoms with Crippen molar-refractivity contribution in [2.45, 2.75) is 39.3 Å². The Labute approximate surface area is 123 Å². The average molecular weight is 285 g/mol. The molecule has 0 fully saturated rings. The van der Waals surface area contributed by atoms with Crippen LogP contribution in [-0.2, 0) is 17.8 Å². The fraction of sp³-hybridized carbons (Fsp3) is 0.467. The number of nitrogens with zero attached hydrogens (tertiary/aromatic N) is 5. The number of hydrogen-bond acceptors (Lipinski definition) is 4. The van der Waals surface area contributed by atoms with Crippen LogP contribution in [-0.4, -0.2) is 37.1 Å². The molecule has 1 atom stereocenters. The van der Waals surface area contributed by atoms with Gasteiger partial charge in [-0.05, 0) is 31.9 Å². The van der Waals surface area contributed by atoms with Gasteiger partial charge in [0.1, 0.15) is 5.82 Å². The molecule has 110 valence electrons. The van der Waals surface area contributed by atoms with E-state index in [1.54, 1.807) is 6.20 Å². The number of hydrogen-bond donors (Lipinski definition) is 0. The lowest BCUT2D eigenvalue weighted by atomic mass is 10.1. The molecule has 1 amide bonds. The van der Waals surface area contributed by atoms with Crippen LogP contribution in [0.1, 0.15) is 36.6 Å². The summed E-state index contributed by atoms with van der Waals surface area (Å²) in [5, 5.41) is 8.27. The van der Waals surface area contributed by atoms with Crippen molar-refractivity contribution in [3.8, 4) is 0 Å². The second-order valence-electron chi connectivity index (χ2n) is 5.52. The summed E-state index contributed by atoms with van der Waals surface area (Å²) < 4.78 is 2.12. The average Bonchev–Trinajstić information content (AvgIpc) is 2.87. The van der Waals surface area contributed by atoms with Crippen LogP contribution in [0, 0.1) is 6.92 Å². The Kier molecular flexibility index (Phi) is 3.68. The van der Waals surface area contributed by atoms with Gasteiger partial charge in [-0.1, -0.05) is 6.07 Å². The molecule has 1 unspecified atom stereocenters. The lowest BCUT2D eigenvalue weighted by Gasteiger charge is -2.32. The van der Waals surface area contributed by atoms with E-state index in [4.69, 9.17) is 0 Å². The Balaban J connectivity index is 1.64. The molecule has 0 spiro atoms. The van der Waals surface area contributed by atoms with Gasteiger partial charge in [0.25, 0.3) is 0 Å². The topological polar surface area (TPSA) is 63.9 Å². The monoisotopic (exact) mass is 285 g/mol. The molecule has 0 radical (unpaired) electrons. The van der Waals surface area contributed by atoms with Crippen LogP contribution < -0.4 is 0 Å². The fourth-order valence-electron chi connectivity index (χ4n) is 2.88. The van der Waals surface area contributed by atoms with E-state index in [0.717, 1.165) is 30.2 Å². The Morgan fingerprint density at radius 1 is 1.43 bits per heavy atom. The van der Waals surface area contributed by atoms with Crippen LogP contribution in [0.3, 0.4) is 0 Å². The summed E-state index contributed by atoms with van der Waals surface area (Å²) >= 11 is 0. The standard InChI is InChI=1S/C15H19N5O/c1-11-9-19(10-14-18-17-12(2)20(11)14)15(21)6-5-13-4-3-7-16-8-13/h3-4,7-8,11H,5-6,9-10H2,1-2H3. The lowest BCUT2D eigenvalue weighted by Crippen LogP contribution is -2.40. The molecule has 0 aliphatic carbocycles. The predicted octanol–water partition coefficient (Wildman–Crippen LogP) is 1.52. The van der Waals surface area contributed by atoms with Gasteiger partial charge in [0, 0.05) is 25.4 Å². The first kappa shape index (κ1) is 13.7. The highest BCUT2D eigenvalue weighted by Gasteiger charge is 2.27. The molecule has 0 saturated carbocycles. The Morgan fingerprint density at radius 2 is 2.29 bits per heavy atom. The SMILES string of the molecule is Cc1nnc2n1C(C)CN(C(=O)CCc1cccnc1)C2. The van der Waals surface area contributed by atoms with Crippen molar-refractivity contribution < 1.29 is 4.79 Å². The van der Waals surface area contributed by atoms with Crippen LogP contribution in [0.4, 0.5) is 0 Å². The molecule has 0 aromatic carbocycles. The third-order valence-electron chi connectivity index (χ3n) is 3.90. The summed E-state index contributed by atoms with van der Waals surface area (Å²) in [5.74, 6) is 1.96. The second-order valence-corrected chi connectivity index (χ2v) is 5.52. The van der Waals surface area contributed by atoms with E-state index >= 15 is 0 Å². The smallest absolute Gasteiger partial charge is 0.223 e. The first-order valence-electron chi connectivity index (χ1n) is 7.22. The second kappa shape index (κ2) is 5.63. The Morgan fingerprint density at radius 3 is 3.05 bits per heavy atom. The molecule has 2 aromatic rings. The van der Waals surface area contributed by atoms with Gasteiger partial charge in [-0.25, -0.2) is 0 Å². The molecule has 2 aromatic heterocycles. The molecule has 0 bridgehead atoms. The first-order valence-corrected chi connectivity index (χ1v) is 7.22. The van der Waals surface area contributed by atoms with Crippen LogP contribution in [0.2, 0.25) is 0 Å². The normalized spacial score (nSPS) is 17.6. The van der Waals surface area contributed by atoms with Gasteiger partial charge >= 0.3 is 0 Å². The molecule has 6 nitrogen and oxygen atoms in total. The number of carbonyl (C=O) groups excluding carboxylic acids is 1. The Hall–Kier alpha value is -2.24. The van der Waals surface area contributed by atoms with Gasteiger partial charge in [0.05, 0.1) is 12.6 Å². The zero-order chi connectivity index (χ0) is 14.8. The van der Waals surface area contributed by atoms with Gasteiger partial charge in [0.2, 0.25) is 5.91 Å². The molecule has 1 aliphatic heterocycles. The quantitative estimate of drug-likeness (QED) is 0.857. The third kappa shape index (κ3) is 2.79. The molecular formula is C15H19N5O. The summed E-state index contributed by atoms with van der Waals surface area (Å²) in [5.41, 5.74) is 1.09. The maximum atomic E-state index is 12.4. The van der Waals surface area contributed by atoms with Crippen molar-refractivity contribution in [3.05, 3.63) is 41.7 Å². The van der Waals surface area contributed by atoms with E-state index in [9.17, 15) is 4.79 Å². The summed E-state index contributed by atoms with van der Waals surface area (Å²) in [6.45, 7) is 5.32. The molecule has 6 heteroatoms. The van der Waals surface area contributed by atoms with Crippen LogP contribution in [0.5, 0.6) is 0 Å². The van der Waals surface area contributed by atoms with Crippen molar-refractivity contribution in [3.63, 3.8) is 0 Å². The zero-order valence-corrected chi connectivity index (χ0v) is 12.4. The van der Waals surface area contributed by atoms with Crippen LogP contribution in [0.15, 0.2) is 24.5 Å². The molecule has 21 heavy (non-hydrogen) atoms. The minimum absolute atomic E-state index is 0.164. The van der Waals surface area contributed by atoms with Crippen molar-refractivity contribution >= 4 is 5.91 Å². The fourth-order valence-corrected chi connectivity index (χ4v) is 2.88. The van der Waals surface area contributed by atoms with Crippen LogP contribution >= 0.6 is 0 Å². The minimum atomic E-state index is 0.164. The van der Waals surface area contributed by atoms with Crippen molar-refractivity contribution in [2.24, 2.45) is 0 Å². The number of pyridine rings is 1. The van der Waals surface area contributed by atoms with Gasteiger partial charge in [-0.15, -0.1) is 10.2 Å². The molecule has 3 rings (SSSR count). The molecular weight excluding hydrogens is 266 g/mol. The predicted molar refractivity (Wildman–Crippen MR) is 77.4 cm³/mol. The van der Waals surface area contributed by atoms with E-state index in [1.165, 1.54) is 0 Å². The highest BCUT2D eigenvalue weighted by molar-refractivity contribution is 5.76. The minimum Gasteiger partial charge on any atom is -0.333 e. The number of carbonyl (C=O) groups is 1. The van der Waals surface area contributed by atoms with E-state index in [1.807, 2.05) is 30.2 Å². The number of aryl methyl sites for hydroxylation is 2. The van der Waals surface area contributed by atoms with Gasteiger partial charge < -0.3 is 9.47 Å². The molecule has 0 N–H and O–H groups in total. The van der Waals surface area contributed by atoms with Gasteiger partial charge in [-0.2, -0.15) is 0 Å². The van der Waals surface area contributed by atoms with Gasteiger partial charge in [-0.3, -0.25) is 9.78 Å². The summed E-state index contributed by atoms with van der Waals surface area (Å²) in [6, 6.07) is 4.12. The number of aromatic nitrogens is 4. The number of amides is 1. The highest BCUT2D eigenvalue weighted by atomic mass is 16.2. The summed E-state index contributed by atoms with van der Waals surface area (Å²) in [4.78, 5) is 18.3.